The van der Waals surface area contributed by atoms with Crippen LogP contribution < -0.4 is 11.1 Å². The van der Waals surface area contributed by atoms with Crippen molar-refractivity contribution in [1.29, 1.82) is 0 Å². The van der Waals surface area contributed by atoms with Gasteiger partial charge < -0.3 is 11.1 Å². The Morgan fingerprint density at radius 2 is 2.14 bits per heavy atom. The molecule has 1 amide bonds. The van der Waals surface area contributed by atoms with Crippen molar-refractivity contribution in [1.82, 2.24) is 4.98 Å². The average molecular weight is 305 g/mol. The molecule has 0 aliphatic heterocycles. The maximum Gasteiger partial charge on any atom is 0.225 e. The lowest BCUT2D eigenvalue weighted by Crippen LogP contribution is -2.31. The number of aryl methyl sites for hydroxylation is 1. The highest BCUT2D eigenvalue weighted by atomic mass is 32.1. The van der Waals surface area contributed by atoms with Gasteiger partial charge in [0.25, 0.3) is 0 Å². The molecular weight excluding hydrogens is 282 g/mol. The molecule has 114 valence electrons. The van der Waals surface area contributed by atoms with Crippen molar-refractivity contribution in [2.75, 3.05) is 5.32 Å². The van der Waals surface area contributed by atoms with Gasteiger partial charge in [0.1, 0.15) is 0 Å². The number of nitrogens with two attached hydrogens (primary N) is 1. The van der Waals surface area contributed by atoms with E-state index < -0.39 is 0 Å². The van der Waals surface area contributed by atoms with Gasteiger partial charge in [-0.3, -0.25) is 4.79 Å². The second-order valence-electron chi connectivity index (χ2n) is 6.69. The van der Waals surface area contributed by atoms with Gasteiger partial charge in [0.2, 0.25) is 5.91 Å². The van der Waals surface area contributed by atoms with Crippen LogP contribution in [0.25, 0.3) is 10.2 Å². The minimum atomic E-state index is -0.112. The monoisotopic (exact) mass is 305 g/mol. The Bertz CT molecular complexity index is 642. The van der Waals surface area contributed by atoms with Crippen LogP contribution in [-0.4, -0.2) is 16.9 Å². The van der Waals surface area contributed by atoms with Gasteiger partial charge in [-0.1, -0.05) is 20.8 Å². The molecule has 0 aliphatic rings. The molecule has 3 N–H and O–H groups in total. The minimum absolute atomic E-state index is 0.0349. The molecule has 0 saturated carbocycles. The molecule has 0 radical (unpaired) electrons. The number of fused-ring (bicyclic) bond motifs is 1. The van der Waals surface area contributed by atoms with E-state index in [0.29, 0.717) is 6.42 Å². The van der Waals surface area contributed by atoms with Gasteiger partial charge in [0, 0.05) is 18.2 Å². The molecule has 4 nitrogen and oxygen atoms in total. The first kappa shape index (κ1) is 15.9. The molecule has 0 fully saturated rings. The highest BCUT2D eigenvalue weighted by Crippen LogP contribution is 2.25. The molecule has 2 aromatic rings. The lowest BCUT2D eigenvalue weighted by Gasteiger charge is -2.22. The van der Waals surface area contributed by atoms with Crippen molar-refractivity contribution in [3.05, 3.63) is 23.2 Å². The Labute approximate surface area is 129 Å². The summed E-state index contributed by atoms with van der Waals surface area (Å²) in [5.41, 5.74) is 7.95. The summed E-state index contributed by atoms with van der Waals surface area (Å²) < 4.78 is 1.09. The van der Waals surface area contributed by atoms with E-state index in [9.17, 15) is 4.79 Å². The van der Waals surface area contributed by atoms with Crippen molar-refractivity contribution >= 4 is 33.1 Å². The van der Waals surface area contributed by atoms with E-state index in [1.54, 1.807) is 11.3 Å². The minimum Gasteiger partial charge on any atom is -0.327 e. The van der Waals surface area contributed by atoms with Crippen LogP contribution in [0.4, 0.5) is 5.69 Å². The summed E-state index contributed by atoms with van der Waals surface area (Å²) in [6, 6.07) is 5.67. The third-order valence-corrected chi connectivity index (χ3v) is 4.03. The molecule has 0 spiro atoms. The van der Waals surface area contributed by atoms with Gasteiger partial charge in [-0.2, -0.15) is 0 Å². The number of nitrogens with zero attached hydrogens (tertiary/aromatic N) is 1. The van der Waals surface area contributed by atoms with Crippen molar-refractivity contribution in [2.24, 2.45) is 11.1 Å². The first-order valence-electron chi connectivity index (χ1n) is 7.15. The van der Waals surface area contributed by atoms with Crippen LogP contribution in [0.1, 0.15) is 38.6 Å². The molecule has 0 saturated heterocycles. The fourth-order valence-electron chi connectivity index (χ4n) is 2.43. The number of carbonyl (C=O) groups excluding carboxylic acids is 1. The number of thiazole rings is 1. The molecule has 5 heteroatoms. The highest BCUT2D eigenvalue weighted by molar-refractivity contribution is 7.18. The van der Waals surface area contributed by atoms with E-state index in [-0.39, 0.29) is 17.4 Å². The van der Waals surface area contributed by atoms with E-state index in [2.05, 4.69) is 31.1 Å². The van der Waals surface area contributed by atoms with Crippen LogP contribution in [0.3, 0.4) is 0 Å². The molecule has 1 aromatic carbocycles. The number of aromatic nitrogens is 1. The van der Waals surface area contributed by atoms with E-state index in [1.165, 1.54) is 0 Å². The third-order valence-electron chi connectivity index (χ3n) is 3.10. The normalized spacial score (nSPS) is 13.4. The van der Waals surface area contributed by atoms with E-state index in [1.807, 2.05) is 25.1 Å². The summed E-state index contributed by atoms with van der Waals surface area (Å²) in [4.78, 5) is 16.5. The highest BCUT2D eigenvalue weighted by Gasteiger charge is 2.18. The van der Waals surface area contributed by atoms with E-state index in [4.69, 9.17) is 5.73 Å². The van der Waals surface area contributed by atoms with Gasteiger partial charge in [-0.15, -0.1) is 11.3 Å². The van der Waals surface area contributed by atoms with Crippen molar-refractivity contribution < 1.29 is 4.79 Å². The summed E-state index contributed by atoms with van der Waals surface area (Å²) >= 11 is 1.63. The zero-order chi connectivity index (χ0) is 15.6. The van der Waals surface area contributed by atoms with Crippen LogP contribution in [0.5, 0.6) is 0 Å². The predicted octanol–water partition coefficient (Wildman–Crippen LogP) is 3.70. The van der Waals surface area contributed by atoms with Crippen LogP contribution in [0, 0.1) is 12.3 Å². The van der Waals surface area contributed by atoms with Crippen molar-refractivity contribution in [3.8, 4) is 0 Å². The second-order valence-corrected chi connectivity index (χ2v) is 7.93. The van der Waals surface area contributed by atoms with Gasteiger partial charge in [-0.25, -0.2) is 4.98 Å². The summed E-state index contributed by atoms with van der Waals surface area (Å²) in [7, 11) is 0. The maximum atomic E-state index is 12.0. The number of carbonyl (C=O) groups is 1. The number of hydrogen-bond donors (Lipinski definition) is 2. The van der Waals surface area contributed by atoms with Crippen molar-refractivity contribution in [3.63, 3.8) is 0 Å². The largest absolute Gasteiger partial charge is 0.327 e. The summed E-state index contributed by atoms with van der Waals surface area (Å²) in [6.07, 6.45) is 1.17. The lowest BCUT2D eigenvalue weighted by molar-refractivity contribution is -0.116. The Hall–Kier alpha value is -1.46. The number of rotatable bonds is 4. The maximum absolute atomic E-state index is 12.0. The molecule has 1 heterocycles. The smallest absolute Gasteiger partial charge is 0.225 e. The Kier molecular flexibility index (Phi) is 4.64. The van der Waals surface area contributed by atoms with Gasteiger partial charge in [0.15, 0.2) is 0 Å². The van der Waals surface area contributed by atoms with Gasteiger partial charge in [0.05, 0.1) is 15.2 Å². The number of benzene rings is 1. The Balaban J connectivity index is 1.97. The van der Waals surface area contributed by atoms with E-state index >= 15 is 0 Å². The average Bonchev–Trinajstić information content (AvgIpc) is 2.65. The quantitative estimate of drug-likeness (QED) is 0.905. The van der Waals surface area contributed by atoms with Crippen LogP contribution in [0.2, 0.25) is 0 Å². The van der Waals surface area contributed by atoms with Crippen LogP contribution in [0.15, 0.2) is 18.2 Å². The molecule has 1 unspecified atom stereocenters. The summed E-state index contributed by atoms with van der Waals surface area (Å²) in [5.74, 6) is -0.0349. The predicted molar refractivity (Wildman–Crippen MR) is 89.7 cm³/mol. The molecular formula is C16H23N3OS. The molecule has 1 aromatic heterocycles. The van der Waals surface area contributed by atoms with Gasteiger partial charge in [-0.05, 0) is 37.0 Å². The SMILES string of the molecule is Cc1nc2ccc(NC(=O)CC(N)CC(C)(C)C)cc2s1. The molecule has 2 rings (SSSR count). The second kappa shape index (κ2) is 6.12. The van der Waals surface area contributed by atoms with E-state index in [0.717, 1.165) is 27.3 Å². The summed E-state index contributed by atoms with van der Waals surface area (Å²) in [5, 5.41) is 3.95. The number of hydrogen-bond acceptors (Lipinski definition) is 4. The Morgan fingerprint density at radius 3 is 2.81 bits per heavy atom. The molecule has 0 bridgehead atoms. The molecule has 1 atom stereocenters. The number of amides is 1. The summed E-state index contributed by atoms with van der Waals surface area (Å²) in [6.45, 7) is 8.37. The molecule has 21 heavy (non-hydrogen) atoms. The van der Waals surface area contributed by atoms with Gasteiger partial charge >= 0.3 is 0 Å². The Morgan fingerprint density at radius 1 is 1.43 bits per heavy atom. The number of nitrogens with one attached hydrogen (secondary N) is 1. The van der Waals surface area contributed by atoms with Crippen LogP contribution >= 0.6 is 11.3 Å². The zero-order valence-electron chi connectivity index (χ0n) is 13.1. The zero-order valence-corrected chi connectivity index (χ0v) is 13.9. The number of anilines is 1. The first-order valence-corrected chi connectivity index (χ1v) is 7.97. The first-order chi connectivity index (χ1) is 9.73. The fraction of sp³-hybridized carbons (Fsp3) is 0.500. The topological polar surface area (TPSA) is 68.0 Å². The third kappa shape index (κ3) is 4.79. The molecule has 0 aliphatic carbocycles. The lowest BCUT2D eigenvalue weighted by atomic mass is 9.87. The van der Waals surface area contributed by atoms with Crippen LogP contribution in [-0.2, 0) is 4.79 Å². The standard InChI is InChI=1S/C16H23N3OS/c1-10-18-13-6-5-12(8-14(13)21-10)19-15(20)7-11(17)9-16(2,3)4/h5-6,8,11H,7,9,17H2,1-4H3,(H,19,20). The fourth-order valence-corrected chi connectivity index (χ4v) is 3.29. The van der Waals surface area contributed by atoms with Crippen molar-refractivity contribution in [2.45, 2.75) is 46.6 Å².